The number of ether oxygens (including phenoxy) is 1. The Morgan fingerprint density at radius 2 is 1.65 bits per heavy atom. The molecule has 0 saturated carbocycles. The van der Waals surface area contributed by atoms with Crippen molar-refractivity contribution in [2.24, 2.45) is 0 Å². The van der Waals surface area contributed by atoms with E-state index < -0.39 is 0 Å². The van der Waals surface area contributed by atoms with Gasteiger partial charge in [-0.25, -0.2) is 0 Å². The normalized spacial score (nSPS) is 15.1. The maximum absolute atomic E-state index is 12.4. The summed E-state index contributed by atoms with van der Waals surface area (Å²) in [5.41, 5.74) is 1.98. The smallest absolute Gasteiger partial charge is 0.238 e. The highest BCUT2D eigenvalue weighted by atomic mass is 16.5. The SMILES string of the molecule is CC(C)Oc1ccccc1NC(=O)CN1CCN(c2ccccc2)CC1. The highest BCUT2D eigenvalue weighted by Crippen LogP contribution is 2.25. The van der Waals surface area contributed by atoms with Gasteiger partial charge in [0.2, 0.25) is 5.91 Å². The van der Waals surface area contributed by atoms with Gasteiger partial charge in [-0.15, -0.1) is 0 Å². The largest absolute Gasteiger partial charge is 0.489 e. The fourth-order valence-corrected chi connectivity index (χ4v) is 3.12. The van der Waals surface area contributed by atoms with E-state index in [1.165, 1.54) is 5.69 Å². The Morgan fingerprint density at radius 3 is 2.35 bits per heavy atom. The number of para-hydroxylation sites is 3. The van der Waals surface area contributed by atoms with Crippen LogP contribution in [0.5, 0.6) is 5.75 Å². The van der Waals surface area contributed by atoms with Crippen molar-refractivity contribution in [3.63, 3.8) is 0 Å². The molecule has 26 heavy (non-hydrogen) atoms. The first-order valence-electron chi connectivity index (χ1n) is 9.19. The Bertz CT molecular complexity index is 710. The second kappa shape index (κ2) is 8.72. The summed E-state index contributed by atoms with van der Waals surface area (Å²) >= 11 is 0. The van der Waals surface area contributed by atoms with Gasteiger partial charge in [-0.2, -0.15) is 0 Å². The number of amides is 1. The van der Waals surface area contributed by atoms with Gasteiger partial charge in [-0.3, -0.25) is 9.69 Å². The van der Waals surface area contributed by atoms with E-state index in [4.69, 9.17) is 4.74 Å². The lowest BCUT2D eigenvalue weighted by Crippen LogP contribution is -2.48. The summed E-state index contributed by atoms with van der Waals surface area (Å²) in [6.45, 7) is 7.99. The van der Waals surface area contributed by atoms with Gasteiger partial charge in [0.25, 0.3) is 0 Å². The summed E-state index contributed by atoms with van der Waals surface area (Å²) in [5, 5.41) is 2.99. The molecule has 0 aliphatic carbocycles. The fraction of sp³-hybridized carbons (Fsp3) is 0.381. The monoisotopic (exact) mass is 353 g/mol. The number of hydrogen-bond acceptors (Lipinski definition) is 4. The molecule has 1 heterocycles. The molecule has 5 nitrogen and oxygen atoms in total. The molecule has 5 heteroatoms. The minimum atomic E-state index is -0.00188. The second-order valence-electron chi connectivity index (χ2n) is 6.81. The highest BCUT2D eigenvalue weighted by molar-refractivity contribution is 5.93. The zero-order valence-corrected chi connectivity index (χ0v) is 15.5. The van der Waals surface area contributed by atoms with Crippen LogP contribution in [0.2, 0.25) is 0 Å². The highest BCUT2D eigenvalue weighted by Gasteiger charge is 2.19. The fourth-order valence-electron chi connectivity index (χ4n) is 3.12. The Morgan fingerprint density at radius 1 is 1.00 bits per heavy atom. The van der Waals surface area contributed by atoms with Gasteiger partial charge in [0.05, 0.1) is 18.3 Å². The maximum Gasteiger partial charge on any atom is 0.238 e. The lowest BCUT2D eigenvalue weighted by Gasteiger charge is -2.35. The Kier molecular flexibility index (Phi) is 6.12. The van der Waals surface area contributed by atoms with Crippen molar-refractivity contribution in [1.29, 1.82) is 0 Å². The van der Waals surface area contributed by atoms with Crippen LogP contribution in [0.1, 0.15) is 13.8 Å². The molecule has 0 aromatic heterocycles. The first-order valence-corrected chi connectivity index (χ1v) is 9.19. The Labute approximate surface area is 155 Å². The standard InChI is InChI=1S/C21H27N3O2/c1-17(2)26-20-11-7-6-10-19(20)22-21(25)16-23-12-14-24(15-13-23)18-8-4-3-5-9-18/h3-11,17H,12-16H2,1-2H3,(H,22,25). The molecular formula is C21H27N3O2. The van der Waals surface area contributed by atoms with Crippen LogP contribution in [-0.2, 0) is 4.79 Å². The number of carbonyl (C=O) groups excluding carboxylic acids is 1. The van der Waals surface area contributed by atoms with Crippen LogP contribution in [0, 0.1) is 0 Å². The van der Waals surface area contributed by atoms with Gasteiger partial charge in [0.1, 0.15) is 5.75 Å². The number of anilines is 2. The summed E-state index contributed by atoms with van der Waals surface area (Å²) in [7, 11) is 0. The summed E-state index contributed by atoms with van der Waals surface area (Å²) in [4.78, 5) is 17.0. The molecule has 0 spiro atoms. The maximum atomic E-state index is 12.4. The molecule has 1 fully saturated rings. The number of benzene rings is 2. The van der Waals surface area contributed by atoms with Crippen LogP contribution >= 0.6 is 0 Å². The molecule has 0 unspecified atom stereocenters. The van der Waals surface area contributed by atoms with Crippen LogP contribution in [0.4, 0.5) is 11.4 Å². The van der Waals surface area contributed by atoms with E-state index in [0.29, 0.717) is 12.3 Å². The Hall–Kier alpha value is -2.53. The van der Waals surface area contributed by atoms with E-state index in [2.05, 4.69) is 39.4 Å². The number of nitrogens with zero attached hydrogens (tertiary/aromatic N) is 2. The van der Waals surface area contributed by atoms with E-state index in [0.717, 1.165) is 31.9 Å². The van der Waals surface area contributed by atoms with Gasteiger partial charge in [-0.1, -0.05) is 30.3 Å². The van der Waals surface area contributed by atoms with Crippen molar-refractivity contribution >= 4 is 17.3 Å². The molecule has 0 radical (unpaired) electrons. The van der Waals surface area contributed by atoms with Crippen LogP contribution in [-0.4, -0.2) is 49.6 Å². The molecule has 1 aliphatic rings. The molecule has 0 bridgehead atoms. The van der Waals surface area contributed by atoms with Crippen LogP contribution in [0.25, 0.3) is 0 Å². The van der Waals surface area contributed by atoms with Crippen molar-refractivity contribution in [2.75, 3.05) is 42.9 Å². The molecule has 1 N–H and O–H groups in total. The van der Waals surface area contributed by atoms with Crippen molar-refractivity contribution in [2.45, 2.75) is 20.0 Å². The summed E-state index contributed by atoms with van der Waals surface area (Å²) in [6, 6.07) is 18.0. The molecule has 0 atom stereocenters. The van der Waals surface area contributed by atoms with Crippen molar-refractivity contribution in [3.05, 3.63) is 54.6 Å². The second-order valence-corrected chi connectivity index (χ2v) is 6.81. The minimum absolute atomic E-state index is 0.00188. The van der Waals surface area contributed by atoms with E-state index in [1.54, 1.807) is 0 Å². The average Bonchev–Trinajstić information content (AvgIpc) is 2.64. The average molecular weight is 353 g/mol. The third kappa shape index (κ3) is 4.99. The Balaban J connectivity index is 1.51. The molecule has 3 rings (SSSR count). The zero-order chi connectivity index (χ0) is 18.4. The summed E-state index contributed by atoms with van der Waals surface area (Å²) < 4.78 is 5.76. The van der Waals surface area contributed by atoms with E-state index in [1.807, 2.05) is 44.2 Å². The predicted octanol–water partition coefficient (Wildman–Crippen LogP) is 3.23. The topological polar surface area (TPSA) is 44.8 Å². The molecule has 138 valence electrons. The van der Waals surface area contributed by atoms with Gasteiger partial charge in [0.15, 0.2) is 0 Å². The van der Waals surface area contributed by atoms with Crippen molar-refractivity contribution < 1.29 is 9.53 Å². The molecule has 2 aromatic carbocycles. The third-order valence-corrected chi connectivity index (χ3v) is 4.38. The van der Waals surface area contributed by atoms with Crippen LogP contribution < -0.4 is 15.0 Å². The predicted molar refractivity (Wildman–Crippen MR) is 106 cm³/mol. The molecule has 1 aliphatic heterocycles. The third-order valence-electron chi connectivity index (χ3n) is 4.38. The number of rotatable bonds is 6. The minimum Gasteiger partial charge on any atom is -0.489 e. The van der Waals surface area contributed by atoms with Crippen molar-refractivity contribution in [3.8, 4) is 5.75 Å². The lowest BCUT2D eigenvalue weighted by atomic mass is 10.2. The van der Waals surface area contributed by atoms with E-state index in [-0.39, 0.29) is 12.0 Å². The number of carbonyl (C=O) groups is 1. The van der Waals surface area contributed by atoms with Crippen molar-refractivity contribution in [1.82, 2.24) is 4.90 Å². The van der Waals surface area contributed by atoms with Gasteiger partial charge in [-0.05, 0) is 38.1 Å². The van der Waals surface area contributed by atoms with Crippen LogP contribution in [0.3, 0.4) is 0 Å². The lowest BCUT2D eigenvalue weighted by molar-refractivity contribution is -0.117. The molecular weight excluding hydrogens is 326 g/mol. The van der Waals surface area contributed by atoms with E-state index in [9.17, 15) is 4.79 Å². The number of hydrogen-bond donors (Lipinski definition) is 1. The number of nitrogens with one attached hydrogen (secondary N) is 1. The first kappa shape index (κ1) is 18.3. The molecule has 1 amide bonds. The van der Waals surface area contributed by atoms with E-state index >= 15 is 0 Å². The van der Waals surface area contributed by atoms with Gasteiger partial charge in [0, 0.05) is 31.9 Å². The number of piperazine rings is 1. The summed E-state index contributed by atoms with van der Waals surface area (Å²) in [6.07, 6.45) is 0.0686. The molecule has 1 saturated heterocycles. The quantitative estimate of drug-likeness (QED) is 0.866. The van der Waals surface area contributed by atoms with Gasteiger partial charge >= 0.3 is 0 Å². The molecule has 2 aromatic rings. The zero-order valence-electron chi connectivity index (χ0n) is 15.5. The van der Waals surface area contributed by atoms with Gasteiger partial charge < -0.3 is 15.0 Å². The summed E-state index contributed by atoms with van der Waals surface area (Å²) in [5.74, 6) is 0.711. The van der Waals surface area contributed by atoms with Crippen LogP contribution in [0.15, 0.2) is 54.6 Å². The first-order chi connectivity index (χ1) is 12.6.